The van der Waals surface area contributed by atoms with Gasteiger partial charge in [0, 0.05) is 19.7 Å². The fourth-order valence-corrected chi connectivity index (χ4v) is 4.05. The van der Waals surface area contributed by atoms with Crippen LogP contribution in [0.1, 0.15) is 49.3 Å². The van der Waals surface area contributed by atoms with Crippen LogP contribution in [0.5, 0.6) is 0 Å². The maximum absolute atomic E-state index is 14.2. The molecule has 0 saturated carbocycles. The van der Waals surface area contributed by atoms with Gasteiger partial charge in [-0.2, -0.15) is 18.4 Å². The third-order valence-electron chi connectivity index (χ3n) is 6.18. The number of primary amides is 1. The third kappa shape index (κ3) is 5.41. The molecule has 3 amide bonds. The summed E-state index contributed by atoms with van der Waals surface area (Å²) in [5.74, 6) is -4.03. The first kappa shape index (κ1) is 28.3. The van der Waals surface area contributed by atoms with Crippen LogP contribution in [0.25, 0.3) is 22.1 Å². The van der Waals surface area contributed by atoms with Gasteiger partial charge >= 0.3 is 12.1 Å². The Kier molecular flexibility index (Phi) is 7.22. The summed E-state index contributed by atoms with van der Waals surface area (Å²) in [5, 5.41) is 24.4. The van der Waals surface area contributed by atoms with E-state index < -0.39 is 52.3 Å². The molecule has 4 aromatic rings. The van der Waals surface area contributed by atoms with Crippen LogP contribution >= 0.6 is 0 Å². The molecule has 1 aromatic heterocycles. The standard InChI is InChI=1S/C27H18F3N5O6/c1-12(36)35(2)14-4-5-15(20(8-14)27(28,29)30)16-9-19-22(10-17(16)24(32)37)41-34-23(19)25(38)33-21-6-3-13(11-31)7-18(21)26(39)40/h3-10H,1-2H3,(H2,32,37)(H,33,38)(H,39,40). The minimum absolute atomic E-state index is 0.0249. The molecule has 0 spiro atoms. The van der Waals surface area contributed by atoms with Gasteiger partial charge in [0.2, 0.25) is 11.8 Å². The molecule has 0 aliphatic rings. The predicted octanol–water partition coefficient (Wildman–Crippen LogP) is 4.42. The second-order valence-corrected chi connectivity index (χ2v) is 8.73. The van der Waals surface area contributed by atoms with Gasteiger partial charge in [0.1, 0.15) is 0 Å². The fraction of sp³-hybridized carbons (Fsp3) is 0.111. The Morgan fingerprint density at radius 1 is 1.05 bits per heavy atom. The zero-order chi connectivity index (χ0) is 30.2. The molecule has 0 unspecified atom stereocenters. The fourth-order valence-electron chi connectivity index (χ4n) is 4.05. The number of hydrogen-bond donors (Lipinski definition) is 3. The maximum Gasteiger partial charge on any atom is 0.417 e. The lowest BCUT2D eigenvalue weighted by Crippen LogP contribution is -2.23. The molecule has 11 nitrogen and oxygen atoms in total. The number of carbonyl (C=O) groups is 4. The van der Waals surface area contributed by atoms with Crippen LogP contribution < -0.4 is 16.0 Å². The number of nitrogens with zero attached hydrogens (tertiary/aromatic N) is 3. The van der Waals surface area contributed by atoms with Gasteiger partial charge in [-0.25, -0.2) is 4.79 Å². The van der Waals surface area contributed by atoms with Gasteiger partial charge in [-0.1, -0.05) is 11.2 Å². The largest absolute Gasteiger partial charge is 0.478 e. The SMILES string of the molecule is CC(=O)N(C)c1ccc(-c2cc3c(C(=O)Nc4ccc(C#N)cc4C(=O)O)noc3cc2C(N)=O)c(C(F)(F)F)c1. The quantitative estimate of drug-likeness (QED) is 0.307. The van der Waals surface area contributed by atoms with E-state index in [2.05, 4.69) is 10.5 Å². The molecule has 41 heavy (non-hydrogen) atoms. The van der Waals surface area contributed by atoms with E-state index in [0.29, 0.717) is 0 Å². The summed E-state index contributed by atoms with van der Waals surface area (Å²) in [4.78, 5) is 49.7. The number of alkyl halides is 3. The molecule has 0 radical (unpaired) electrons. The number of aromatic nitrogens is 1. The molecule has 4 rings (SSSR count). The van der Waals surface area contributed by atoms with Gasteiger partial charge in [-0.3, -0.25) is 14.4 Å². The Labute approximate surface area is 228 Å². The number of nitriles is 1. The maximum atomic E-state index is 14.2. The number of carbonyl (C=O) groups excluding carboxylic acids is 3. The molecular weight excluding hydrogens is 547 g/mol. The predicted molar refractivity (Wildman–Crippen MR) is 138 cm³/mol. The highest BCUT2D eigenvalue weighted by Gasteiger charge is 2.36. The van der Waals surface area contributed by atoms with E-state index in [1.165, 1.54) is 32.2 Å². The van der Waals surface area contributed by atoms with Gasteiger partial charge in [-0.05, 0) is 53.6 Å². The Morgan fingerprint density at radius 3 is 2.34 bits per heavy atom. The number of anilines is 2. The molecule has 0 saturated heterocycles. The minimum atomic E-state index is -4.93. The zero-order valence-corrected chi connectivity index (χ0v) is 21.2. The number of carboxylic acid groups (broad SMARTS) is 1. The van der Waals surface area contributed by atoms with Crippen LogP contribution in [0.2, 0.25) is 0 Å². The number of amides is 3. The van der Waals surface area contributed by atoms with Crippen molar-refractivity contribution >= 4 is 46.0 Å². The lowest BCUT2D eigenvalue weighted by Gasteiger charge is -2.20. The first-order chi connectivity index (χ1) is 19.2. The average Bonchev–Trinajstić information content (AvgIpc) is 3.34. The van der Waals surface area contributed by atoms with Crippen LogP contribution in [0.15, 0.2) is 53.1 Å². The highest BCUT2D eigenvalue weighted by Crippen LogP contribution is 2.41. The zero-order valence-electron chi connectivity index (χ0n) is 21.2. The van der Waals surface area contributed by atoms with Gasteiger partial charge < -0.3 is 25.6 Å². The summed E-state index contributed by atoms with van der Waals surface area (Å²) in [7, 11) is 1.30. The number of fused-ring (bicyclic) bond motifs is 1. The first-order valence-corrected chi connectivity index (χ1v) is 11.5. The van der Waals surface area contributed by atoms with E-state index >= 15 is 0 Å². The van der Waals surface area contributed by atoms with Crippen LogP contribution in [-0.4, -0.2) is 41.0 Å². The summed E-state index contributed by atoms with van der Waals surface area (Å²) >= 11 is 0. The van der Waals surface area contributed by atoms with Crippen molar-refractivity contribution in [3.8, 4) is 17.2 Å². The summed E-state index contributed by atoms with van der Waals surface area (Å²) < 4.78 is 47.7. The van der Waals surface area contributed by atoms with Crippen LogP contribution in [0, 0.1) is 11.3 Å². The summed E-state index contributed by atoms with van der Waals surface area (Å²) in [6, 6.07) is 10.5. The number of nitrogens with two attached hydrogens (primary N) is 1. The molecule has 3 aromatic carbocycles. The average molecular weight is 565 g/mol. The van der Waals surface area contributed by atoms with Gasteiger partial charge in [-0.15, -0.1) is 0 Å². The number of aromatic carboxylic acids is 1. The number of nitrogens with one attached hydrogen (secondary N) is 1. The third-order valence-corrected chi connectivity index (χ3v) is 6.18. The number of hydrogen-bond acceptors (Lipinski definition) is 7. The van der Waals surface area contributed by atoms with Crippen LogP contribution in [0.4, 0.5) is 24.5 Å². The van der Waals surface area contributed by atoms with Gasteiger partial charge in [0.15, 0.2) is 11.3 Å². The van der Waals surface area contributed by atoms with Crippen molar-refractivity contribution in [2.24, 2.45) is 5.73 Å². The molecule has 0 bridgehead atoms. The van der Waals surface area contributed by atoms with Gasteiger partial charge in [0.05, 0.1) is 39.4 Å². The van der Waals surface area contributed by atoms with Crippen molar-refractivity contribution in [1.82, 2.24) is 5.16 Å². The van der Waals surface area contributed by atoms with Crippen molar-refractivity contribution in [3.05, 3.63) is 76.5 Å². The molecule has 14 heteroatoms. The molecule has 0 aliphatic carbocycles. The molecule has 0 aliphatic heterocycles. The van der Waals surface area contributed by atoms with Crippen molar-refractivity contribution in [1.29, 1.82) is 5.26 Å². The van der Waals surface area contributed by atoms with Crippen molar-refractivity contribution in [3.63, 3.8) is 0 Å². The highest BCUT2D eigenvalue weighted by atomic mass is 19.4. The lowest BCUT2D eigenvalue weighted by atomic mass is 9.92. The summed E-state index contributed by atoms with van der Waals surface area (Å²) in [6.45, 7) is 1.18. The smallest absolute Gasteiger partial charge is 0.417 e. The Morgan fingerprint density at radius 2 is 1.76 bits per heavy atom. The Hall–Kier alpha value is -5.71. The molecule has 0 fully saturated rings. The van der Waals surface area contributed by atoms with Crippen LogP contribution in [-0.2, 0) is 11.0 Å². The van der Waals surface area contributed by atoms with E-state index in [1.807, 2.05) is 0 Å². The minimum Gasteiger partial charge on any atom is -0.478 e. The second kappa shape index (κ2) is 10.5. The molecule has 0 atom stereocenters. The molecular formula is C27H18F3N5O6. The van der Waals surface area contributed by atoms with Crippen LogP contribution in [0.3, 0.4) is 0 Å². The van der Waals surface area contributed by atoms with E-state index in [1.54, 1.807) is 6.07 Å². The second-order valence-electron chi connectivity index (χ2n) is 8.73. The normalized spacial score (nSPS) is 11.1. The van der Waals surface area contributed by atoms with Crippen molar-refractivity contribution < 1.29 is 42.0 Å². The monoisotopic (exact) mass is 565 g/mol. The lowest BCUT2D eigenvalue weighted by molar-refractivity contribution is -0.137. The number of rotatable bonds is 6. The Balaban J connectivity index is 1.88. The highest BCUT2D eigenvalue weighted by molar-refractivity contribution is 6.14. The number of carboxylic acids is 1. The molecule has 208 valence electrons. The Bertz CT molecular complexity index is 1810. The molecule has 1 heterocycles. The van der Waals surface area contributed by atoms with E-state index in [0.717, 1.165) is 35.2 Å². The topological polar surface area (TPSA) is 180 Å². The van der Waals surface area contributed by atoms with E-state index in [4.69, 9.17) is 15.5 Å². The summed E-state index contributed by atoms with van der Waals surface area (Å²) in [5.41, 5.74) is 1.95. The van der Waals surface area contributed by atoms with Crippen molar-refractivity contribution in [2.45, 2.75) is 13.1 Å². The van der Waals surface area contributed by atoms with E-state index in [9.17, 15) is 37.5 Å². The number of halogens is 3. The number of benzene rings is 3. The summed E-state index contributed by atoms with van der Waals surface area (Å²) in [6.07, 6.45) is -4.93. The first-order valence-electron chi connectivity index (χ1n) is 11.5. The molecule has 4 N–H and O–H groups in total. The van der Waals surface area contributed by atoms with Gasteiger partial charge in [0.25, 0.3) is 5.91 Å². The van der Waals surface area contributed by atoms with E-state index in [-0.39, 0.29) is 39.0 Å². The van der Waals surface area contributed by atoms with Crippen molar-refractivity contribution in [2.75, 3.05) is 17.3 Å².